The number of alkyl halides is 1. The predicted octanol–water partition coefficient (Wildman–Crippen LogP) is 3.54. The number of halogens is 1. The summed E-state index contributed by atoms with van der Waals surface area (Å²) < 4.78 is 13.2. The second-order valence-electron chi connectivity index (χ2n) is 4.21. The lowest BCUT2D eigenvalue weighted by molar-refractivity contribution is 0.284. The zero-order valence-corrected chi connectivity index (χ0v) is 11.2. The largest absolute Gasteiger partial charge is 0.301 e. The molecule has 98 valence electrons. The highest BCUT2D eigenvalue weighted by atomic mass is 19.1. The Morgan fingerprint density at radius 2 is 2.00 bits per heavy atom. The molecule has 2 atom stereocenters. The van der Waals surface area contributed by atoms with Gasteiger partial charge < -0.3 is 5.73 Å². The first kappa shape index (κ1) is 14.6. The first-order valence-electron chi connectivity index (χ1n) is 6.22. The van der Waals surface area contributed by atoms with E-state index in [9.17, 15) is 4.39 Å². The van der Waals surface area contributed by atoms with Crippen molar-refractivity contribution in [3.63, 3.8) is 0 Å². The van der Waals surface area contributed by atoms with Gasteiger partial charge in [0.25, 0.3) is 0 Å². The summed E-state index contributed by atoms with van der Waals surface area (Å²) in [5, 5.41) is 0. The third-order valence-corrected chi connectivity index (χ3v) is 3.08. The number of nitrogens with two attached hydrogens (primary N) is 1. The third-order valence-electron chi connectivity index (χ3n) is 3.08. The van der Waals surface area contributed by atoms with E-state index in [0.29, 0.717) is 6.42 Å². The number of benzene rings is 1. The molecule has 0 radical (unpaired) electrons. The second kappa shape index (κ2) is 7.07. The van der Waals surface area contributed by atoms with Gasteiger partial charge in [-0.3, -0.25) is 4.99 Å². The molecule has 0 aliphatic heterocycles. The van der Waals surface area contributed by atoms with Crippen LogP contribution in [-0.2, 0) is 0 Å². The van der Waals surface area contributed by atoms with Crippen molar-refractivity contribution in [1.82, 2.24) is 0 Å². The fraction of sp³-hybridized carbons (Fsp3) is 0.400. The van der Waals surface area contributed by atoms with Crippen LogP contribution in [0.3, 0.4) is 0 Å². The van der Waals surface area contributed by atoms with E-state index in [4.69, 9.17) is 5.73 Å². The molecule has 0 spiro atoms. The van der Waals surface area contributed by atoms with Gasteiger partial charge in [-0.2, -0.15) is 0 Å². The van der Waals surface area contributed by atoms with Gasteiger partial charge >= 0.3 is 0 Å². The number of aliphatic imine (C=N–C) groups is 1. The first-order chi connectivity index (χ1) is 8.63. The van der Waals surface area contributed by atoms with E-state index < -0.39 is 6.30 Å². The molecule has 0 heterocycles. The zero-order chi connectivity index (χ0) is 13.5. The molecular weight excluding hydrogens is 227 g/mol. The fourth-order valence-electron chi connectivity index (χ4n) is 2.02. The van der Waals surface area contributed by atoms with Crippen LogP contribution < -0.4 is 5.73 Å². The number of hydrogen-bond donors (Lipinski definition) is 1. The summed E-state index contributed by atoms with van der Waals surface area (Å²) in [7, 11) is 1.74. The van der Waals surface area contributed by atoms with E-state index in [2.05, 4.69) is 4.99 Å². The quantitative estimate of drug-likeness (QED) is 0.628. The van der Waals surface area contributed by atoms with Crippen molar-refractivity contribution in [1.29, 1.82) is 0 Å². The standard InChI is InChI=1S/C15H21FN2/c1-4-11(10-18-3)12-6-8-13(9-7-12)14(5-2)15(16)17/h4,6-10,14-15H,5,17H2,1-3H3/b11-4+,18-10?. The van der Waals surface area contributed by atoms with Crippen LogP contribution in [0.2, 0.25) is 0 Å². The molecule has 1 aromatic rings. The Morgan fingerprint density at radius 3 is 2.39 bits per heavy atom. The van der Waals surface area contributed by atoms with Crippen molar-refractivity contribution in [2.24, 2.45) is 10.7 Å². The maximum absolute atomic E-state index is 13.2. The Balaban J connectivity index is 2.98. The van der Waals surface area contributed by atoms with Crippen LogP contribution in [0.1, 0.15) is 37.3 Å². The number of allylic oxidation sites excluding steroid dienone is 2. The number of hydrogen-bond acceptors (Lipinski definition) is 2. The monoisotopic (exact) mass is 248 g/mol. The van der Waals surface area contributed by atoms with Crippen molar-refractivity contribution in [3.8, 4) is 0 Å². The number of rotatable bonds is 5. The van der Waals surface area contributed by atoms with Gasteiger partial charge in [0.05, 0.1) is 0 Å². The molecule has 2 nitrogen and oxygen atoms in total. The van der Waals surface area contributed by atoms with Crippen LogP contribution in [0.5, 0.6) is 0 Å². The predicted molar refractivity (Wildman–Crippen MR) is 76.6 cm³/mol. The van der Waals surface area contributed by atoms with Gasteiger partial charge in [0.1, 0.15) is 0 Å². The van der Waals surface area contributed by atoms with Gasteiger partial charge in [-0.1, -0.05) is 37.3 Å². The van der Waals surface area contributed by atoms with Gasteiger partial charge in [-0.15, -0.1) is 0 Å². The van der Waals surface area contributed by atoms with Crippen molar-refractivity contribution < 1.29 is 4.39 Å². The second-order valence-corrected chi connectivity index (χ2v) is 4.21. The molecule has 0 amide bonds. The molecular formula is C15H21FN2. The molecule has 0 bridgehead atoms. The molecule has 0 aliphatic rings. The highest BCUT2D eigenvalue weighted by molar-refractivity contribution is 6.09. The Kier molecular flexibility index (Phi) is 5.72. The van der Waals surface area contributed by atoms with Crippen LogP contribution in [0.25, 0.3) is 5.57 Å². The topological polar surface area (TPSA) is 38.4 Å². The highest BCUT2D eigenvalue weighted by Gasteiger charge is 2.16. The van der Waals surface area contributed by atoms with Gasteiger partial charge in [0.2, 0.25) is 0 Å². The summed E-state index contributed by atoms with van der Waals surface area (Å²) in [6.07, 6.45) is 3.20. The van der Waals surface area contributed by atoms with Crippen LogP contribution in [-0.4, -0.2) is 19.6 Å². The first-order valence-corrected chi connectivity index (χ1v) is 6.22. The van der Waals surface area contributed by atoms with Gasteiger partial charge in [-0.05, 0) is 30.0 Å². The molecule has 18 heavy (non-hydrogen) atoms. The van der Waals surface area contributed by atoms with Crippen LogP contribution >= 0.6 is 0 Å². The number of nitrogens with zero attached hydrogens (tertiary/aromatic N) is 1. The average molecular weight is 248 g/mol. The molecule has 0 saturated heterocycles. The van der Waals surface area contributed by atoms with Crippen molar-refractivity contribution in [2.75, 3.05) is 7.05 Å². The van der Waals surface area contributed by atoms with Crippen molar-refractivity contribution >= 4 is 11.8 Å². The lowest BCUT2D eigenvalue weighted by Gasteiger charge is -2.16. The van der Waals surface area contributed by atoms with Crippen molar-refractivity contribution in [2.45, 2.75) is 32.5 Å². The minimum atomic E-state index is -1.31. The Morgan fingerprint density at radius 1 is 1.39 bits per heavy atom. The maximum Gasteiger partial charge on any atom is 0.155 e. The zero-order valence-electron chi connectivity index (χ0n) is 11.2. The fourth-order valence-corrected chi connectivity index (χ4v) is 2.02. The molecule has 2 unspecified atom stereocenters. The summed E-state index contributed by atoms with van der Waals surface area (Å²) in [6.45, 7) is 3.91. The van der Waals surface area contributed by atoms with E-state index in [1.807, 2.05) is 50.4 Å². The Hall–Kier alpha value is -1.48. The lowest BCUT2D eigenvalue weighted by atomic mass is 9.93. The smallest absolute Gasteiger partial charge is 0.155 e. The summed E-state index contributed by atoms with van der Waals surface area (Å²) in [4.78, 5) is 4.01. The SMILES string of the molecule is C/C=C(\C=NC)c1ccc(C(CC)C(N)F)cc1. The minimum absolute atomic E-state index is 0.229. The van der Waals surface area contributed by atoms with Crippen LogP contribution in [0.4, 0.5) is 4.39 Å². The molecule has 0 aromatic heterocycles. The summed E-state index contributed by atoms with van der Waals surface area (Å²) in [6, 6.07) is 7.85. The summed E-state index contributed by atoms with van der Waals surface area (Å²) >= 11 is 0. The van der Waals surface area contributed by atoms with Gasteiger partial charge in [0.15, 0.2) is 6.30 Å². The Labute approximate surface area is 108 Å². The summed E-state index contributed by atoms with van der Waals surface area (Å²) in [5.74, 6) is -0.229. The third kappa shape index (κ3) is 3.50. The van der Waals surface area contributed by atoms with E-state index in [-0.39, 0.29) is 5.92 Å². The Bertz CT molecular complexity index is 419. The van der Waals surface area contributed by atoms with Crippen LogP contribution in [0, 0.1) is 0 Å². The highest BCUT2D eigenvalue weighted by Crippen LogP contribution is 2.24. The molecule has 1 rings (SSSR count). The molecule has 3 heteroatoms. The van der Waals surface area contributed by atoms with E-state index in [1.54, 1.807) is 7.05 Å². The van der Waals surface area contributed by atoms with E-state index in [1.165, 1.54) is 0 Å². The van der Waals surface area contributed by atoms with E-state index in [0.717, 1.165) is 16.7 Å². The molecule has 0 fully saturated rings. The molecule has 0 saturated carbocycles. The van der Waals surface area contributed by atoms with E-state index >= 15 is 0 Å². The molecule has 0 aliphatic carbocycles. The van der Waals surface area contributed by atoms with Crippen molar-refractivity contribution in [3.05, 3.63) is 41.5 Å². The average Bonchev–Trinajstić information content (AvgIpc) is 2.37. The van der Waals surface area contributed by atoms with Crippen LogP contribution in [0.15, 0.2) is 35.3 Å². The summed E-state index contributed by atoms with van der Waals surface area (Å²) in [5.41, 5.74) is 8.43. The minimum Gasteiger partial charge on any atom is -0.301 e. The molecule has 1 aromatic carbocycles. The normalized spacial score (nSPS) is 15.9. The lowest BCUT2D eigenvalue weighted by Crippen LogP contribution is -2.22. The molecule has 2 N–H and O–H groups in total. The van der Waals surface area contributed by atoms with Gasteiger partial charge in [0, 0.05) is 19.2 Å². The van der Waals surface area contributed by atoms with Gasteiger partial charge in [-0.25, -0.2) is 4.39 Å². The maximum atomic E-state index is 13.2.